The van der Waals surface area contributed by atoms with Gasteiger partial charge in [-0.1, -0.05) is 26.8 Å². The van der Waals surface area contributed by atoms with Gasteiger partial charge in [0.05, 0.1) is 5.92 Å². The van der Waals surface area contributed by atoms with Crippen molar-refractivity contribution < 1.29 is 9.90 Å². The molecular weight excluding hydrogens is 226 g/mol. The van der Waals surface area contributed by atoms with E-state index in [1.807, 2.05) is 6.08 Å². The van der Waals surface area contributed by atoms with Gasteiger partial charge in [-0.2, -0.15) is 0 Å². The molecule has 0 heterocycles. The van der Waals surface area contributed by atoms with Gasteiger partial charge in [0.1, 0.15) is 0 Å². The van der Waals surface area contributed by atoms with Crippen molar-refractivity contribution in [2.24, 2.45) is 17.3 Å². The Morgan fingerprint density at radius 3 is 2.72 bits per heavy atom. The van der Waals surface area contributed by atoms with E-state index >= 15 is 0 Å². The molecule has 3 heteroatoms. The highest BCUT2D eigenvalue weighted by Gasteiger charge is 2.45. The van der Waals surface area contributed by atoms with Gasteiger partial charge in [-0.3, -0.25) is 4.79 Å². The maximum atomic E-state index is 11.3. The zero-order valence-corrected chi connectivity index (χ0v) is 11.9. The van der Waals surface area contributed by atoms with Crippen LogP contribution in [0.15, 0.2) is 12.7 Å². The van der Waals surface area contributed by atoms with Crippen molar-refractivity contribution in [1.82, 2.24) is 5.32 Å². The first-order valence-corrected chi connectivity index (χ1v) is 6.98. The number of rotatable bonds is 6. The smallest absolute Gasteiger partial charge is 0.307 e. The summed E-state index contributed by atoms with van der Waals surface area (Å²) in [5.74, 6) is -0.466. The Bertz CT molecular complexity index is 299. The monoisotopic (exact) mass is 253 g/mol. The molecule has 1 aliphatic rings. The molecule has 3 unspecified atom stereocenters. The highest BCUT2D eigenvalue weighted by atomic mass is 16.4. The van der Waals surface area contributed by atoms with E-state index in [1.54, 1.807) is 0 Å². The lowest BCUT2D eigenvalue weighted by Gasteiger charge is -2.46. The van der Waals surface area contributed by atoms with E-state index in [0.717, 1.165) is 32.2 Å². The van der Waals surface area contributed by atoms with Crippen LogP contribution in [0.2, 0.25) is 0 Å². The Hall–Kier alpha value is -0.830. The van der Waals surface area contributed by atoms with Crippen molar-refractivity contribution in [2.45, 2.75) is 52.5 Å². The molecule has 0 saturated heterocycles. The average Bonchev–Trinajstić information content (AvgIpc) is 2.29. The minimum atomic E-state index is -0.642. The van der Waals surface area contributed by atoms with E-state index < -0.39 is 5.97 Å². The number of carbonyl (C=O) groups is 1. The first-order chi connectivity index (χ1) is 8.41. The normalized spacial score (nSPS) is 30.9. The average molecular weight is 253 g/mol. The van der Waals surface area contributed by atoms with Gasteiger partial charge >= 0.3 is 5.97 Å². The summed E-state index contributed by atoms with van der Waals surface area (Å²) in [7, 11) is 0. The van der Waals surface area contributed by atoms with Gasteiger partial charge in [0.15, 0.2) is 0 Å². The van der Waals surface area contributed by atoms with E-state index in [1.165, 1.54) is 0 Å². The first-order valence-electron chi connectivity index (χ1n) is 6.98. The lowest BCUT2D eigenvalue weighted by Crippen LogP contribution is -2.51. The predicted octanol–water partition coefficient (Wildman–Crippen LogP) is 3.07. The quantitative estimate of drug-likeness (QED) is 0.565. The van der Waals surface area contributed by atoms with Crippen LogP contribution in [0.25, 0.3) is 0 Å². The van der Waals surface area contributed by atoms with Crippen molar-refractivity contribution in [1.29, 1.82) is 0 Å². The maximum absolute atomic E-state index is 11.3. The number of aliphatic carboxylic acids is 1. The zero-order valence-electron chi connectivity index (χ0n) is 11.9. The summed E-state index contributed by atoms with van der Waals surface area (Å²) in [6, 6.07) is 0.445. The second-order valence-corrected chi connectivity index (χ2v) is 6.07. The molecule has 18 heavy (non-hydrogen) atoms. The van der Waals surface area contributed by atoms with Crippen LogP contribution in [-0.2, 0) is 4.79 Å². The highest BCUT2D eigenvalue weighted by Crippen LogP contribution is 2.45. The van der Waals surface area contributed by atoms with E-state index in [2.05, 4.69) is 32.7 Å². The van der Waals surface area contributed by atoms with Gasteiger partial charge in [0.25, 0.3) is 0 Å². The number of hydrogen-bond acceptors (Lipinski definition) is 2. The Morgan fingerprint density at radius 2 is 2.17 bits per heavy atom. The summed E-state index contributed by atoms with van der Waals surface area (Å²) in [6.45, 7) is 11.1. The van der Waals surface area contributed by atoms with Crippen LogP contribution >= 0.6 is 0 Å². The second-order valence-electron chi connectivity index (χ2n) is 6.07. The number of hydrogen-bond donors (Lipinski definition) is 2. The summed E-state index contributed by atoms with van der Waals surface area (Å²) in [4.78, 5) is 11.3. The van der Waals surface area contributed by atoms with Gasteiger partial charge in [-0.05, 0) is 43.6 Å². The fourth-order valence-corrected chi connectivity index (χ4v) is 3.06. The fraction of sp³-hybridized carbons (Fsp3) is 0.800. The highest BCUT2D eigenvalue weighted by molar-refractivity contribution is 5.71. The third-order valence-electron chi connectivity index (χ3n) is 4.73. The van der Waals surface area contributed by atoms with Crippen LogP contribution < -0.4 is 5.32 Å². The molecule has 0 aromatic rings. The number of nitrogens with one attached hydrogen (secondary N) is 1. The zero-order chi connectivity index (χ0) is 13.8. The molecule has 1 aliphatic carbocycles. The summed E-state index contributed by atoms with van der Waals surface area (Å²) in [5.41, 5.74) is -0.139. The molecule has 0 aliphatic heterocycles. The molecule has 1 fully saturated rings. The summed E-state index contributed by atoms with van der Waals surface area (Å²) >= 11 is 0. The van der Waals surface area contributed by atoms with E-state index in [-0.39, 0.29) is 11.3 Å². The molecule has 1 rings (SSSR count). The summed E-state index contributed by atoms with van der Waals surface area (Å²) in [6.07, 6.45) is 5.84. The molecule has 0 amide bonds. The standard InChI is InChI=1S/C15H27NO2/c1-5-6-7-10-16-13-9-8-12(14(17)18)15(3,4)11(13)2/h5,11-13,16H,1,6-10H2,2-4H3,(H,17,18). The fourth-order valence-electron chi connectivity index (χ4n) is 3.06. The van der Waals surface area contributed by atoms with Crippen LogP contribution in [0.1, 0.15) is 46.5 Å². The Balaban J connectivity index is 2.55. The lowest BCUT2D eigenvalue weighted by molar-refractivity contribution is -0.150. The van der Waals surface area contributed by atoms with Gasteiger partial charge < -0.3 is 10.4 Å². The van der Waals surface area contributed by atoms with Gasteiger partial charge in [-0.15, -0.1) is 6.58 Å². The van der Waals surface area contributed by atoms with Crippen LogP contribution in [0.5, 0.6) is 0 Å². The third-order valence-corrected chi connectivity index (χ3v) is 4.73. The van der Waals surface area contributed by atoms with Crippen LogP contribution in [0, 0.1) is 17.3 Å². The van der Waals surface area contributed by atoms with Crippen LogP contribution in [-0.4, -0.2) is 23.7 Å². The summed E-state index contributed by atoms with van der Waals surface area (Å²) in [5, 5.41) is 12.9. The molecule has 1 saturated carbocycles. The van der Waals surface area contributed by atoms with Gasteiger partial charge in [0.2, 0.25) is 0 Å². The Labute approximate surface area is 111 Å². The van der Waals surface area contributed by atoms with Crippen molar-refractivity contribution in [3.05, 3.63) is 12.7 Å². The minimum absolute atomic E-state index is 0.139. The summed E-state index contributed by atoms with van der Waals surface area (Å²) < 4.78 is 0. The molecule has 0 radical (unpaired) electrons. The molecule has 0 aromatic heterocycles. The Morgan fingerprint density at radius 1 is 1.50 bits per heavy atom. The minimum Gasteiger partial charge on any atom is -0.481 e. The van der Waals surface area contributed by atoms with Crippen molar-refractivity contribution in [2.75, 3.05) is 6.54 Å². The first kappa shape index (κ1) is 15.2. The van der Waals surface area contributed by atoms with E-state index in [9.17, 15) is 9.90 Å². The molecule has 0 spiro atoms. The van der Waals surface area contributed by atoms with Gasteiger partial charge in [-0.25, -0.2) is 0 Å². The molecule has 3 nitrogen and oxygen atoms in total. The second kappa shape index (κ2) is 6.37. The number of allylic oxidation sites excluding steroid dienone is 1. The van der Waals surface area contributed by atoms with Crippen molar-refractivity contribution in [3.63, 3.8) is 0 Å². The van der Waals surface area contributed by atoms with Crippen molar-refractivity contribution >= 4 is 5.97 Å². The van der Waals surface area contributed by atoms with E-state index in [0.29, 0.717) is 12.0 Å². The van der Waals surface area contributed by atoms with Crippen LogP contribution in [0.3, 0.4) is 0 Å². The third kappa shape index (κ3) is 3.35. The number of carboxylic acid groups (broad SMARTS) is 1. The van der Waals surface area contributed by atoms with E-state index in [4.69, 9.17) is 0 Å². The topological polar surface area (TPSA) is 49.3 Å². The largest absolute Gasteiger partial charge is 0.481 e. The molecule has 0 bridgehead atoms. The molecule has 3 atom stereocenters. The predicted molar refractivity (Wildman–Crippen MR) is 74.5 cm³/mol. The number of unbranched alkanes of at least 4 members (excludes halogenated alkanes) is 1. The molecule has 2 N–H and O–H groups in total. The Kier molecular flexibility index (Phi) is 5.39. The lowest BCUT2D eigenvalue weighted by atomic mass is 9.61. The SMILES string of the molecule is C=CCCCNC1CCC(C(=O)O)C(C)(C)C1C. The maximum Gasteiger partial charge on any atom is 0.307 e. The van der Waals surface area contributed by atoms with Crippen LogP contribution in [0.4, 0.5) is 0 Å². The molecule has 104 valence electrons. The van der Waals surface area contributed by atoms with Crippen molar-refractivity contribution in [3.8, 4) is 0 Å². The van der Waals surface area contributed by atoms with Gasteiger partial charge in [0, 0.05) is 6.04 Å². The molecular formula is C15H27NO2. The molecule has 0 aromatic carbocycles. The number of carboxylic acids is 1.